The maximum absolute atomic E-state index is 13.0. The van der Waals surface area contributed by atoms with Gasteiger partial charge in [-0.3, -0.25) is 4.79 Å². The molecule has 0 saturated carbocycles. The zero-order chi connectivity index (χ0) is 10.3. The normalized spacial score (nSPS) is 10.7. The molecule has 1 N–H and O–H groups in total. The van der Waals surface area contributed by atoms with Gasteiger partial charge in [0.15, 0.2) is 17.1 Å². The average molecular weight is 198 g/mol. The van der Waals surface area contributed by atoms with Gasteiger partial charge in [0.1, 0.15) is 12.1 Å². The van der Waals surface area contributed by atoms with Crippen molar-refractivity contribution in [3.8, 4) is 5.75 Å². The average Bonchev–Trinajstić information content (AvgIpc) is 2.12. The maximum Gasteiger partial charge on any atom is 0.234 e. The van der Waals surface area contributed by atoms with Crippen LogP contribution in [0.5, 0.6) is 5.75 Å². The van der Waals surface area contributed by atoms with E-state index in [-0.39, 0.29) is 11.0 Å². The SMILES string of the molecule is O=c1c(O)coc2c(F)cc(F)cc12. The van der Waals surface area contributed by atoms with E-state index in [0.29, 0.717) is 12.3 Å². The Balaban J connectivity index is 3.03. The van der Waals surface area contributed by atoms with Crippen LogP contribution in [-0.4, -0.2) is 5.11 Å². The van der Waals surface area contributed by atoms with Crippen LogP contribution in [0.15, 0.2) is 27.6 Å². The summed E-state index contributed by atoms with van der Waals surface area (Å²) in [7, 11) is 0. The number of fused-ring (bicyclic) bond motifs is 1. The van der Waals surface area contributed by atoms with Crippen molar-refractivity contribution in [2.24, 2.45) is 0 Å². The van der Waals surface area contributed by atoms with Crippen molar-refractivity contribution < 1.29 is 18.3 Å². The third-order valence-electron chi connectivity index (χ3n) is 1.77. The molecule has 0 fully saturated rings. The van der Waals surface area contributed by atoms with Gasteiger partial charge in [-0.05, 0) is 6.07 Å². The molecule has 14 heavy (non-hydrogen) atoms. The highest BCUT2D eigenvalue weighted by Gasteiger charge is 2.11. The summed E-state index contributed by atoms with van der Waals surface area (Å²) >= 11 is 0. The molecule has 3 nitrogen and oxygen atoms in total. The molecule has 0 aliphatic heterocycles. The topological polar surface area (TPSA) is 50.4 Å². The third kappa shape index (κ3) is 1.14. The van der Waals surface area contributed by atoms with Crippen molar-refractivity contribution in [3.63, 3.8) is 0 Å². The van der Waals surface area contributed by atoms with Crippen LogP contribution in [0.1, 0.15) is 0 Å². The lowest BCUT2D eigenvalue weighted by molar-refractivity contribution is 0.437. The van der Waals surface area contributed by atoms with Crippen LogP contribution < -0.4 is 5.43 Å². The molecule has 0 amide bonds. The number of hydrogen-bond donors (Lipinski definition) is 1. The lowest BCUT2D eigenvalue weighted by Crippen LogP contribution is -2.01. The highest BCUT2D eigenvalue weighted by Crippen LogP contribution is 2.18. The summed E-state index contributed by atoms with van der Waals surface area (Å²) in [6.45, 7) is 0. The van der Waals surface area contributed by atoms with Crippen molar-refractivity contribution >= 4 is 11.0 Å². The van der Waals surface area contributed by atoms with Crippen molar-refractivity contribution in [2.75, 3.05) is 0 Å². The number of hydrogen-bond acceptors (Lipinski definition) is 3. The van der Waals surface area contributed by atoms with Gasteiger partial charge in [0.05, 0.1) is 5.39 Å². The third-order valence-corrected chi connectivity index (χ3v) is 1.77. The molecule has 0 unspecified atom stereocenters. The van der Waals surface area contributed by atoms with Gasteiger partial charge in [-0.15, -0.1) is 0 Å². The molecule has 0 atom stereocenters. The molecule has 2 aromatic rings. The van der Waals surface area contributed by atoms with E-state index in [1.54, 1.807) is 0 Å². The van der Waals surface area contributed by atoms with Crippen molar-refractivity contribution in [3.05, 3.63) is 40.3 Å². The lowest BCUT2D eigenvalue weighted by Gasteiger charge is -1.98. The Hall–Kier alpha value is -1.91. The molecular formula is C9H4F2O3. The Bertz CT molecular complexity index is 560. The first-order valence-electron chi connectivity index (χ1n) is 3.69. The largest absolute Gasteiger partial charge is 0.502 e. The standard InChI is InChI=1S/C9H4F2O3/c10-4-1-5-8(13)7(12)3-14-9(5)6(11)2-4/h1-3,12H. The van der Waals surface area contributed by atoms with Gasteiger partial charge in [-0.25, -0.2) is 8.78 Å². The smallest absolute Gasteiger partial charge is 0.234 e. The summed E-state index contributed by atoms with van der Waals surface area (Å²) in [6, 6.07) is 1.41. The predicted octanol–water partition coefficient (Wildman–Crippen LogP) is 1.78. The van der Waals surface area contributed by atoms with Gasteiger partial charge in [0.2, 0.25) is 5.43 Å². The first kappa shape index (κ1) is 8.68. The summed E-state index contributed by atoms with van der Waals surface area (Å²) in [5.74, 6) is -2.55. The molecule has 0 aliphatic rings. The van der Waals surface area contributed by atoms with E-state index in [2.05, 4.69) is 4.42 Å². The van der Waals surface area contributed by atoms with Crippen LogP contribution in [0.25, 0.3) is 11.0 Å². The second kappa shape index (κ2) is 2.80. The van der Waals surface area contributed by atoms with E-state index in [0.717, 1.165) is 6.07 Å². The Kier molecular flexibility index (Phi) is 1.73. The zero-order valence-corrected chi connectivity index (χ0v) is 6.75. The van der Waals surface area contributed by atoms with E-state index in [1.807, 2.05) is 0 Å². The van der Waals surface area contributed by atoms with Crippen LogP contribution in [0, 0.1) is 11.6 Å². The molecule has 5 heteroatoms. The van der Waals surface area contributed by atoms with Crippen LogP contribution >= 0.6 is 0 Å². The fraction of sp³-hybridized carbons (Fsp3) is 0. The number of halogens is 2. The first-order chi connectivity index (χ1) is 6.59. The van der Waals surface area contributed by atoms with Crippen molar-refractivity contribution in [1.29, 1.82) is 0 Å². The van der Waals surface area contributed by atoms with Crippen molar-refractivity contribution in [1.82, 2.24) is 0 Å². The summed E-state index contributed by atoms with van der Waals surface area (Å²) in [6.07, 6.45) is 0.714. The number of benzene rings is 1. The quantitative estimate of drug-likeness (QED) is 0.701. The molecule has 72 valence electrons. The zero-order valence-electron chi connectivity index (χ0n) is 6.75. The van der Waals surface area contributed by atoms with Gasteiger partial charge < -0.3 is 9.52 Å². The van der Waals surface area contributed by atoms with E-state index < -0.39 is 22.8 Å². The van der Waals surface area contributed by atoms with E-state index >= 15 is 0 Å². The van der Waals surface area contributed by atoms with Crippen LogP contribution in [-0.2, 0) is 0 Å². The molecule has 0 radical (unpaired) electrons. The Morgan fingerprint density at radius 3 is 2.71 bits per heavy atom. The summed E-state index contributed by atoms with van der Waals surface area (Å²) < 4.78 is 30.3. The highest BCUT2D eigenvalue weighted by molar-refractivity contribution is 5.77. The molecule has 2 rings (SSSR count). The molecule has 0 aliphatic carbocycles. The van der Waals surface area contributed by atoms with Crippen LogP contribution in [0.2, 0.25) is 0 Å². The minimum absolute atomic E-state index is 0.317. The molecule has 1 aromatic heterocycles. The maximum atomic E-state index is 13.0. The summed E-state index contributed by atoms with van der Waals surface area (Å²) in [5, 5.41) is 8.63. The van der Waals surface area contributed by atoms with E-state index in [1.165, 1.54) is 0 Å². The fourth-order valence-corrected chi connectivity index (χ4v) is 1.16. The molecule has 1 aromatic carbocycles. The Labute approximate surface area is 76.2 Å². The Morgan fingerprint density at radius 2 is 2.00 bits per heavy atom. The van der Waals surface area contributed by atoms with E-state index in [4.69, 9.17) is 5.11 Å². The first-order valence-corrected chi connectivity index (χ1v) is 3.69. The fourth-order valence-electron chi connectivity index (χ4n) is 1.16. The van der Waals surface area contributed by atoms with E-state index in [9.17, 15) is 13.6 Å². The minimum atomic E-state index is -0.975. The summed E-state index contributed by atoms with van der Waals surface area (Å²) in [5.41, 5.74) is -1.22. The summed E-state index contributed by atoms with van der Waals surface area (Å²) in [4.78, 5) is 11.2. The second-order valence-electron chi connectivity index (χ2n) is 2.71. The van der Waals surface area contributed by atoms with Crippen LogP contribution in [0.3, 0.4) is 0 Å². The highest BCUT2D eigenvalue weighted by atomic mass is 19.1. The molecule has 0 spiro atoms. The van der Waals surface area contributed by atoms with Crippen molar-refractivity contribution in [2.45, 2.75) is 0 Å². The van der Waals surface area contributed by atoms with Crippen LogP contribution in [0.4, 0.5) is 8.78 Å². The molecule has 0 bridgehead atoms. The monoisotopic (exact) mass is 198 g/mol. The predicted molar refractivity (Wildman–Crippen MR) is 44.1 cm³/mol. The molecular weight excluding hydrogens is 194 g/mol. The van der Waals surface area contributed by atoms with Gasteiger partial charge in [-0.2, -0.15) is 0 Å². The minimum Gasteiger partial charge on any atom is -0.502 e. The van der Waals surface area contributed by atoms with Gasteiger partial charge >= 0.3 is 0 Å². The van der Waals surface area contributed by atoms with Gasteiger partial charge in [-0.1, -0.05) is 0 Å². The molecule has 0 saturated heterocycles. The lowest BCUT2D eigenvalue weighted by atomic mass is 10.2. The molecule has 1 heterocycles. The van der Waals surface area contributed by atoms with Gasteiger partial charge in [0.25, 0.3) is 0 Å². The second-order valence-corrected chi connectivity index (χ2v) is 2.71. The Morgan fingerprint density at radius 1 is 1.29 bits per heavy atom. The number of rotatable bonds is 0. The number of aromatic hydroxyl groups is 1. The van der Waals surface area contributed by atoms with Gasteiger partial charge in [0, 0.05) is 6.07 Å².